The topological polar surface area (TPSA) is 24.5 Å². The molecule has 0 amide bonds. The zero-order valence-electron chi connectivity index (χ0n) is 12.8. The van der Waals surface area contributed by atoms with Crippen LogP contribution in [0.4, 0.5) is 5.69 Å². The quantitative estimate of drug-likeness (QED) is 0.740. The molecule has 0 radical (unpaired) electrons. The monoisotopic (exact) mass is 264 g/mol. The van der Waals surface area contributed by atoms with Gasteiger partial charge in [-0.25, -0.2) is 0 Å². The number of para-hydroxylation sites is 2. The molecule has 0 spiro atoms. The molecule has 1 rings (SSSR count). The van der Waals surface area contributed by atoms with Gasteiger partial charge in [-0.05, 0) is 44.9 Å². The van der Waals surface area contributed by atoms with Crippen molar-refractivity contribution in [3.05, 3.63) is 24.3 Å². The number of anilines is 1. The molecule has 108 valence electrons. The zero-order chi connectivity index (χ0) is 14.1. The maximum absolute atomic E-state index is 5.39. The Morgan fingerprint density at radius 3 is 2.74 bits per heavy atom. The van der Waals surface area contributed by atoms with Gasteiger partial charge < -0.3 is 15.0 Å². The van der Waals surface area contributed by atoms with Gasteiger partial charge in [-0.2, -0.15) is 0 Å². The van der Waals surface area contributed by atoms with Gasteiger partial charge in [0.2, 0.25) is 0 Å². The summed E-state index contributed by atoms with van der Waals surface area (Å²) in [5, 5.41) is 3.53. The predicted octanol–water partition coefficient (Wildman–Crippen LogP) is 3.30. The van der Waals surface area contributed by atoms with Crippen molar-refractivity contribution >= 4 is 5.69 Å². The third-order valence-corrected chi connectivity index (χ3v) is 3.37. The number of ether oxygens (including phenoxy) is 1. The molecular formula is C16H28N2O. The molecule has 1 aromatic rings. The highest BCUT2D eigenvalue weighted by Crippen LogP contribution is 2.26. The molecule has 1 aromatic carbocycles. The fourth-order valence-electron chi connectivity index (χ4n) is 2.19. The second kappa shape index (κ2) is 8.81. The standard InChI is InChI=1S/C16H28N2O/c1-5-12-17-14(2)9-8-13-18(3)15-10-6-7-11-16(15)19-4/h6-7,10-11,14,17H,5,8-9,12-13H2,1-4H3. The second-order valence-electron chi connectivity index (χ2n) is 5.09. The van der Waals surface area contributed by atoms with E-state index in [1.54, 1.807) is 7.11 Å². The summed E-state index contributed by atoms with van der Waals surface area (Å²) in [6.07, 6.45) is 3.59. The minimum absolute atomic E-state index is 0.603. The van der Waals surface area contributed by atoms with Crippen molar-refractivity contribution in [1.82, 2.24) is 5.32 Å². The van der Waals surface area contributed by atoms with E-state index < -0.39 is 0 Å². The summed E-state index contributed by atoms with van der Waals surface area (Å²) in [4.78, 5) is 2.27. The van der Waals surface area contributed by atoms with Crippen molar-refractivity contribution in [3.63, 3.8) is 0 Å². The van der Waals surface area contributed by atoms with Gasteiger partial charge in [0.1, 0.15) is 5.75 Å². The van der Waals surface area contributed by atoms with Gasteiger partial charge in [0, 0.05) is 19.6 Å². The highest BCUT2D eigenvalue weighted by molar-refractivity contribution is 5.57. The molecule has 1 unspecified atom stereocenters. The van der Waals surface area contributed by atoms with Crippen LogP contribution in [0.5, 0.6) is 5.75 Å². The number of benzene rings is 1. The van der Waals surface area contributed by atoms with Crippen LogP contribution in [0.3, 0.4) is 0 Å². The van der Waals surface area contributed by atoms with Crippen LogP contribution in [0.2, 0.25) is 0 Å². The lowest BCUT2D eigenvalue weighted by Gasteiger charge is -2.22. The summed E-state index contributed by atoms with van der Waals surface area (Å²) in [5.41, 5.74) is 1.17. The van der Waals surface area contributed by atoms with Gasteiger partial charge in [-0.15, -0.1) is 0 Å². The first-order chi connectivity index (χ1) is 9.19. The Balaban J connectivity index is 2.36. The zero-order valence-corrected chi connectivity index (χ0v) is 12.8. The third kappa shape index (κ3) is 5.52. The van der Waals surface area contributed by atoms with Gasteiger partial charge in [-0.3, -0.25) is 0 Å². The van der Waals surface area contributed by atoms with E-state index in [1.165, 1.54) is 24.9 Å². The highest BCUT2D eigenvalue weighted by Gasteiger charge is 2.07. The normalized spacial score (nSPS) is 12.2. The molecule has 1 N–H and O–H groups in total. The van der Waals surface area contributed by atoms with E-state index in [4.69, 9.17) is 4.74 Å². The van der Waals surface area contributed by atoms with Crippen LogP contribution in [-0.2, 0) is 0 Å². The number of hydrogen-bond donors (Lipinski definition) is 1. The Morgan fingerprint density at radius 1 is 1.32 bits per heavy atom. The first-order valence-electron chi connectivity index (χ1n) is 7.26. The van der Waals surface area contributed by atoms with Crippen molar-refractivity contribution in [2.24, 2.45) is 0 Å². The number of rotatable bonds is 9. The Kier molecular flexibility index (Phi) is 7.34. The summed E-state index contributed by atoms with van der Waals surface area (Å²) in [6, 6.07) is 8.78. The second-order valence-corrected chi connectivity index (χ2v) is 5.09. The average molecular weight is 264 g/mol. The molecule has 0 aliphatic carbocycles. The summed E-state index contributed by atoms with van der Waals surface area (Å²) >= 11 is 0. The van der Waals surface area contributed by atoms with Crippen LogP contribution >= 0.6 is 0 Å². The predicted molar refractivity (Wildman–Crippen MR) is 83.3 cm³/mol. The van der Waals surface area contributed by atoms with E-state index in [0.717, 1.165) is 18.8 Å². The molecule has 0 fully saturated rings. The first-order valence-corrected chi connectivity index (χ1v) is 7.26. The minimum atomic E-state index is 0.603. The van der Waals surface area contributed by atoms with E-state index in [0.29, 0.717) is 6.04 Å². The molecule has 0 heterocycles. The molecule has 19 heavy (non-hydrogen) atoms. The summed E-state index contributed by atoms with van der Waals surface area (Å²) in [7, 11) is 3.85. The number of methoxy groups -OCH3 is 1. The molecule has 0 aromatic heterocycles. The summed E-state index contributed by atoms with van der Waals surface area (Å²) in [6.45, 7) is 6.63. The molecule has 3 heteroatoms. The highest BCUT2D eigenvalue weighted by atomic mass is 16.5. The van der Waals surface area contributed by atoms with E-state index >= 15 is 0 Å². The van der Waals surface area contributed by atoms with E-state index in [9.17, 15) is 0 Å². The third-order valence-electron chi connectivity index (χ3n) is 3.37. The van der Waals surface area contributed by atoms with Crippen LogP contribution in [0.25, 0.3) is 0 Å². The SMILES string of the molecule is CCCNC(C)CCCN(C)c1ccccc1OC. The van der Waals surface area contributed by atoms with Gasteiger partial charge in [0.15, 0.2) is 0 Å². The first kappa shape index (κ1) is 15.8. The van der Waals surface area contributed by atoms with E-state index in [1.807, 2.05) is 12.1 Å². The molecule has 0 aliphatic rings. The lowest BCUT2D eigenvalue weighted by atomic mass is 10.1. The van der Waals surface area contributed by atoms with Crippen LogP contribution in [0, 0.1) is 0 Å². The van der Waals surface area contributed by atoms with Crippen LogP contribution < -0.4 is 15.0 Å². The molecular weight excluding hydrogens is 236 g/mol. The molecule has 0 aliphatic heterocycles. The van der Waals surface area contributed by atoms with Crippen LogP contribution in [0.1, 0.15) is 33.1 Å². The smallest absolute Gasteiger partial charge is 0.142 e. The fraction of sp³-hybridized carbons (Fsp3) is 0.625. The molecule has 1 atom stereocenters. The molecule has 0 saturated heterocycles. The van der Waals surface area contributed by atoms with Crippen molar-refractivity contribution in [2.45, 2.75) is 39.2 Å². The Bertz CT molecular complexity index is 354. The van der Waals surface area contributed by atoms with Crippen molar-refractivity contribution in [1.29, 1.82) is 0 Å². The summed E-state index contributed by atoms with van der Waals surface area (Å²) in [5.74, 6) is 0.946. The average Bonchev–Trinajstić information content (AvgIpc) is 2.44. The van der Waals surface area contributed by atoms with E-state index in [2.05, 4.69) is 43.2 Å². The lowest BCUT2D eigenvalue weighted by Crippen LogP contribution is -2.28. The Labute approximate surface area is 118 Å². The summed E-state index contributed by atoms with van der Waals surface area (Å²) < 4.78 is 5.39. The van der Waals surface area contributed by atoms with Gasteiger partial charge in [0.05, 0.1) is 12.8 Å². The lowest BCUT2D eigenvalue weighted by molar-refractivity contribution is 0.414. The fourth-order valence-corrected chi connectivity index (χ4v) is 2.19. The molecule has 3 nitrogen and oxygen atoms in total. The Morgan fingerprint density at radius 2 is 2.05 bits per heavy atom. The maximum Gasteiger partial charge on any atom is 0.142 e. The van der Waals surface area contributed by atoms with Crippen LogP contribution in [-0.4, -0.2) is 33.3 Å². The maximum atomic E-state index is 5.39. The van der Waals surface area contributed by atoms with Crippen molar-refractivity contribution in [2.75, 3.05) is 32.1 Å². The van der Waals surface area contributed by atoms with Gasteiger partial charge in [0.25, 0.3) is 0 Å². The largest absolute Gasteiger partial charge is 0.495 e. The number of hydrogen-bond acceptors (Lipinski definition) is 3. The molecule has 0 saturated carbocycles. The minimum Gasteiger partial charge on any atom is -0.495 e. The molecule has 0 bridgehead atoms. The van der Waals surface area contributed by atoms with Gasteiger partial charge in [-0.1, -0.05) is 19.1 Å². The Hall–Kier alpha value is -1.22. The number of nitrogens with one attached hydrogen (secondary N) is 1. The van der Waals surface area contributed by atoms with Crippen molar-refractivity contribution in [3.8, 4) is 5.75 Å². The number of nitrogens with zero attached hydrogens (tertiary/aromatic N) is 1. The van der Waals surface area contributed by atoms with Gasteiger partial charge >= 0.3 is 0 Å². The van der Waals surface area contributed by atoms with Crippen LogP contribution in [0.15, 0.2) is 24.3 Å². The van der Waals surface area contributed by atoms with E-state index in [-0.39, 0.29) is 0 Å². The van der Waals surface area contributed by atoms with Crippen molar-refractivity contribution < 1.29 is 4.74 Å².